The van der Waals surface area contributed by atoms with E-state index in [9.17, 15) is 9.59 Å². The van der Waals surface area contributed by atoms with Crippen molar-refractivity contribution in [3.05, 3.63) is 11.1 Å². The molecule has 0 fully saturated rings. The molecule has 1 atom stereocenters. The number of nitrogens with two attached hydrogens (primary N) is 1. The van der Waals surface area contributed by atoms with Crippen LogP contribution in [-0.2, 0) is 16.0 Å². The van der Waals surface area contributed by atoms with E-state index in [1.54, 1.807) is 12.3 Å². The smallest absolute Gasteiger partial charge is 0.309 e. The van der Waals surface area contributed by atoms with E-state index in [4.69, 9.17) is 10.8 Å². The number of aliphatic carboxylic acids is 1. The predicted octanol–water partition coefficient (Wildman–Crippen LogP) is 0.984. The van der Waals surface area contributed by atoms with Crippen molar-refractivity contribution in [2.45, 2.75) is 17.7 Å². The average Bonchev–Trinajstić information content (AvgIpc) is 2.60. The molecule has 0 aromatic carbocycles. The Morgan fingerprint density at radius 3 is 2.94 bits per heavy atom. The maximum absolute atomic E-state index is 10.8. The van der Waals surface area contributed by atoms with Crippen molar-refractivity contribution in [1.29, 1.82) is 0 Å². The van der Waals surface area contributed by atoms with E-state index in [1.165, 1.54) is 23.1 Å². The molecule has 7 heteroatoms. The van der Waals surface area contributed by atoms with Gasteiger partial charge in [-0.2, -0.15) is 0 Å². The van der Waals surface area contributed by atoms with Crippen LogP contribution in [0.4, 0.5) is 0 Å². The summed E-state index contributed by atoms with van der Waals surface area (Å²) in [6.45, 7) is 1.75. The molecule has 1 aromatic rings. The molecule has 0 saturated heterocycles. The van der Waals surface area contributed by atoms with Gasteiger partial charge in [0.05, 0.1) is 12.1 Å². The second-order valence-electron chi connectivity index (χ2n) is 3.29. The zero-order valence-electron chi connectivity index (χ0n) is 8.67. The lowest BCUT2D eigenvalue weighted by molar-refractivity contribution is -0.136. The second kappa shape index (κ2) is 5.86. The third-order valence-electron chi connectivity index (χ3n) is 1.81. The van der Waals surface area contributed by atoms with Crippen LogP contribution < -0.4 is 5.73 Å². The van der Waals surface area contributed by atoms with Gasteiger partial charge in [-0.1, -0.05) is 18.7 Å². The highest BCUT2D eigenvalue weighted by Gasteiger charge is 2.11. The van der Waals surface area contributed by atoms with Gasteiger partial charge in [0, 0.05) is 17.1 Å². The number of carbonyl (C=O) groups excluding carboxylic acids is 1. The average molecular weight is 260 g/mol. The molecular weight excluding hydrogens is 248 g/mol. The quantitative estimate of drug-likeness (QED) is 0.744. The van der Waals surface area contributed by atoms with Crippen LogP contribution in [0.5, 0.6) is 0 Å². The van der Waals surface area contributed by atoms with Gasteiger partial charge in [0.2, 0.25) is 5.91 Å². The standard InChI is InChI=1S/C9H12N2O3S2/c1-5(8(10)14)3-15-9-11-6(4-16-9)2-7(12)13/h4-5H,2-3H2,1H3,(H2,10,14)(H,12,13). The van der Waals surface area contributed by atoms with Crippen molar-refractivity contribution in [3.63, 3.8) is 0 Å². The molecule has 0 bridgehead atoms. The van der Waals surface area contributed by atoms with Crippen molar-refractivity contribution in [1.82, 2.24) is 4.98 Å². The fraction of sp³-hybridized carbons (Fsp3) is 0.444. The highest BCUT2D eigenvalue weighted by atomic mass is 32.2. The zero-order chi connectivity index (χ0) is 12.1. The summed E-state index contributed by atoms with van der Waals surface area (Å²) >= 11 is 2.80. The van der Waals surface area contributed by atoms with Gasteiger partial charge in [-0.25, -0.2) is 4.98 Å². The van der Waals surface area contributed by atoms with Gasteiger partial charge in [-0.05, 0) is 0 Å². The lowest BCUT2D eigenvalue weighted by Crippen LogP contribution is -2.22. The molecule has 1 heterocycles. The highest BCUT2D eigenvalue weighted by molar-refractivity contribution is 8.01. The zero-order valence-corrected chi connectivity index (χ0v) is 10.3. The summed E-state index contributed by atoms with van der Waals surface area (Å²) in [5.74, 6) is -0.881. The molecule has 0 aliphatic rings. The van der Waals surface area contributed by atoms with E-state index in [0.717, 1.165) is 4.34 Å². The highest BCUT2D eigenvalue weighted by Crippen LogP contribution is 2.24. The molecule has 1 aromatic heterocycles. The number of carboxylic acids is 1. The van der Waals surface area contributed by atoms with Crippen LogP contribution in [0.15, 0.2) is 9.72 Å². The van der Waals surface area contributed by atoms with Crippen molar-refractivity contribution in [2.24, 2.45) is 11.7 Å². The van der Waals surface area contributed by atoms with Gasteiger partial charge < -0.3 is 10.8 Å². The molecule has 0 saturated carbocycles. The fourth-order valence-electron chi connectivity index (χ4n) is 0.869. The van der Waals surface area contributed by atoms with E-state index in [0.29, 0.717) is 11.4 Å². The number of aromatic nitrogens is 1. The Labute approximate surface area is 101 Å². The minimum absolute atomic E-state index is 0.0670. The summed E-state index contributed by atoms with van der Waals surface area (Å²) in [4.78, 5) is 25.3. The number of rotatable bonds is 6. The topological polar surface area (TPSA) is 93.3 Å². The first-order chi connectivity index (χ1) is 7.49. The number of carboxylic acid groups (broad SMARTS) is 1. The lowest BCUT2D eigenvalue weighted by Gasteiger charge is -2.03. The molecule has 0 radical (unpaired) electrons. The molecular formula is C9H12N2O3S2. The van der Waals surface area contributed by atoms with E-state index < -0.39 is 5.97 Å². The number of amides is 1. The second-order valence-corrected chi connectivity index (χ2v) is 5.41. The molecule has 1 rings (SSSR count). The monoisotopic (exact) mass is 260 g/mol. The van der Waals surface area contributed by atoms with E-state index in [2.05, 4.69) is 4.98 Å². The molecule has 0 aliphatic heterocycles. The predicted molar refractivity (Wildman–Crippen MR) is 62.5 cm³/mol. The minimum Gasteiger partial charge on any atom is -0.481 e. The summed E-state index contributed by atoms with van der Waals surface area (Å²) in [5.41, 5.74) is 5.67. The molecule has 0 spiro atoms. The number of hydrogen-bond acceptors (Lipinski definition) is 5. The molecule has 1 amide bonds. The van der Waals surface area contributed by atoms with E-state index in [-0.39, 0.29) is 18.2 Å². The van der Waals surface area contributed by atoms with Crippen molar-refractivity contribution < 1.29 is 14.7 Å². The van der Waals surface area contributed by atoms with Crippen LogP contribution in [0.2, 0.25) is 0 Å². The maximum Gasteiger partial charge on any atom is 0.309 e. The lowest BCUT2D eigenvalue weighted by atomic mass is 10.2. The third-order valence-corrected chi connectivity index (χ3v) is 4.14. The van der Waals surface area contributed by atoms with Gasteiger partial charge >= 0.3 is 5.97 Å². The fourth-order valence-corrected chi connectivity index (χ4v) is 2.77. The van der Waals surface area contributed by atoms with Gasteiger partial charge in [0.1, 0.15) is 4.34 Å². The molecule has 1 unspecified atom stereocenters. The summed E-state index contributed by atoms with van der Waals surface area (Å²) in [6.07, 6.45) is -0.0670. The third kappa shape index (κ3) is 4.19. The normalized spacial score (nSPS) is 12.3. The number of thioether (sulfide) groups is 1. The number of hydrogen-bond donors (Lipinski definition) is 2. The number of primary amides is 1. The summed E-state index contributed by atoms with van der Waals surface area (Å²) in [6, 6.07) is 0. The first kappa shape index (κ1) is 13.0. The van der Waals surface area contributed by atoms with Crippen LogP contribution in [-0.4, -0.2) is 27.7 Å². The molecule has 16 heavy (non-hydrogen) atoms. The summed E-state index contributed by atoms with van der Waals surface area (Å²) in [7, 11) is 0. The van der Waals surface area contributed by atoms with Crippen LogP contribution in [0.25, 0.3) is 0 Å². The number of nitrogens with zero attached hydrogens (tertiary/aromatic N) is 1. The Morgan fingerprint density at radius 2 is 2.38 bits per heavy atom. The summed E-state index contributed by atoms with van der Waals surface area (Å²) < 4.78 is 0.768. The van der Waals surface area contributed by atoms with Crippen molar-refractivity contribution in [2.75, 3.05) is 5.75 Å². The number of thiazole rings is 1. The van der Waals surface area contributed by atoms with Gasteiger partial charge in [0.15, 0.2) is 0 Å². The van der Waals surface area contributed by atoms with Gasteiger partial charge in [-0.3, -0.25) is 9.59 Å². The SMILES string of the molecule is CC(CSc1nc(CC(=O)O)cs1)C(N)=O. The molecule has 5 nitrogen and oxygen atoms in total. The van der Waals surface area contributed by atoms with Gasteiger partial charge in [0.25, 0.3) is 0 Å². The largest absolute Gasteiger partial charge is 0.481 e. The van der Waals surface area contributed by atoms with Crippen molar-refractivity contribution >= 4 is 35.0 Å². The number of carbonyl (C=O) groups is 2. The Morgan fingerprint density at radius 1 is 1.69 bits per heavy atom. The Kier molecular flexibility index (Phi) is 4.75. The van der Waals surface area contributed by atoms with Crippen LogP contribution in [0.3, 0.4) is 0 Å². The van der Waals surface area contributed by atoms with Crippen LogP contribution >= 0.6 is 23.1 Å². The van der Waals surface area contributed by atoms with Crippen molar-refractivity contribution in [3.8, 4) is 0 Å². The first-order valence-electron chi connectivity index (χ1n) is 4.57. The minimum atomic E-state index is -0.896. The molecule has 88 valence electrons. The molecule has 3 N–H and O–H groups in total. The van der Waals surface area contributed by atoms with E-state index >= 15 is 0 Å². The Balaban J connectivity index is 2.46. The summed E-state index contributed by atoms with van der Waals surface area (Å²) in [5, 5.41) is 10.3. The van der Waals surface area contributed by atoms with E-state index in [1.807, 2.05) is 0 Å². The first-order valence-corrected chi connectivity index (χ1v) is 6.44. The maximum atomic E-state index is 10.8. The molecule has 0 aliphatic carbocycles. The van der Waals surface area contributed by atoms with Crippen LogP contribution in [0, 0.1) is 5.92 Å². The van der Waals surface area contributed by atoms with Crippen LogP contribution in [0.1, 0.15) is 12.6 Å². The Hall–Kier alpha value is -1.08. The van der Waals surface area contributed by atoms with Gasteiger partial charge in [-0.15, -0.1) is 11.3 Å². The Bertz CT molecular complexity index is 392.